The van der Waals surface area contributed by atoms with Gasteiger partial charge in [-0.2, -0.15) is 0 Å². The predicted octanol–water partition coefficient (Wildman–Crippen LogP) is 4.00. The highest BCUT2D eigenvalue weighted by molar-refractivity contribution is 6.18. The number of ether oxygens (including phenoxy) is 1. The molecule has 0 aromatic heterocycles. The number of esters is 1. The van der Waals surface area contributed by atoms with Gasteiger partial charge in [0, 0.05) is 20.9 Å². The molecular weight excluding hydrogens is 300 g/mol. The van der Waals surface area contributed by atoms with Gasteiger partial charge in [0.15, 0.2) is 0 Å². The van der Waals surface area contributed by atoms with Crippen LogP contribution in [0.25, 0.3) is 0 Å². The van der Waals surface area contributed by atoms with E-state index in [0.29, 0.717) is 12.2 Å². The number of carbonyl (C=O) groups excluding carboxylic acids is 1. The Balaban J connectivity index is 2.13. The quantitative estimate of drug-likeness (QED) is 0.333. The minimum atomic E-state index is -0.330. The van der Waals surface area contributed by atoms with Crippen LogP contribution in [0.2, 0.25) is 0 Å². The lowest BCUT2D eigenvalue weighted by Gasteiger charge is -2.31. The van der Waals surface area contributed by atoms with Crippen LogP contribution in [-0.2, 0) is 14.6 Å². The molecule has 117 valence electrons. The number of rotatable bonds is 7. The Labute approximate surface area is 141 Å². The number of carbonyl (C=O) groups is 1. The Morgan fingerprint density at radius 3 is 1.96 bits per heavy atom. The van der Waals surface area contributed by atoms with E-state index in [9.17, 15) is 4.79 Å². The van der Waals surface area contributed by atoms with Gasteiger partial charge in [0.1, 0.15) is 0 Å². The molecule has 0 aliphatic rings. The van der Waals surface area contributed by atoms with Gasteiger partial charge in [-0.1, -0.05) is 67.2 Å². The van der Waals surface area contributed by atoms with Crippen LogP contribution >= 0.6 is 0 Å². The lowest BCUT2D eigenvalue weighted by molar-refractivity contribution is -0.139. The van der Waals surface area contributed by atoms with Crippen LogP contribution in [0.15, 0.2) is 72.8 Å². The second kappa shape index (κ2) is 7.93. The molecule has 0 bridgehead atoms. The van der Waals surface area contributed by atoms with Gasteiger partial charge in [-0.25, -0.2) is 4.79 Å². The van der Waals surface area contributed by atoms with Crippen LogP contribution in [0.3, 0.4) is 0 Å². The molecule has 2 aromatic carbocycles. The van der Waals surface area contributed by atoms with E-state index < -0.39 is 0 Å². The maximum Gasteiger partial charge on any atom is 0.333 e. The fourth-order valence-electron chi connectivity index (χ4n) is 2.53. The van der Waals surface area contributed by atoms with Gasteiger partial charge >= 0.3 is 5.97 Å². The van der Waals surface area contributed by atoms with E-state index in [0.717, 1.165) is 12.8 Å². The maximum atomic E-state index is 11.5. The minimum Gasteiger partial charge on any atom is -0.462 e. The Bertz CT molecular complexity index is 610. The summed E-state index contributed by atoms with van der Waals surface area (Å²) in [6, 6.07) is 20.6. The molecule has 0 spiro atoms. The Morgan fingerprint density at radius 2 is 1.52 bits per heavy atom. The van der Waals surface area contributed by atoms with Crippen molar-refractivity contribution < 1.29 is 9.53 Å². The van der Waals surface area contributed by atoms with Crippen LogP contribution in [-0.4, -0.2) is 22.8 Å². The Morgan fingerprint density at radius 1 is 1.04 bits per heavy atom. The molecule has 0 N–H and O–H groups in total. The monoisotopic (exact) mass is 321 g/mol. The Kier molecular flexibility index (Phi) is 5.94. The summed E-state index contributed by atoms with van der Waals surface area (Å²) in [6.45, 7) is 5.64. The summed E-state index contributed by atoms with van der Waals surface area (Å²) in [4.78, 5) is 11.5. The Hall–Kier alpha value is -2.13. The van der Waals surface area contributed by atoms with Crippen molar-refractivity contribution in [3.63, 3.8) is 0 Å². The molecule has 0 aliphatic heterocycles. The molecule has 3 heteroatoms. The zero-order valence-corrected chi connectivity index (χ0v) is 14.4. The molecule has 0 saturated carbocycles. The summed E-state index contributed by atoms with van der Waals surface area (Å²) in [5, 5.41) is -0.294. The van der Waals surface area contributed by atoms with Crippen molar-refractivity contribution in [1.29, 1.82) is 0 Å². The summed E-state index contributed by atoms with van der Waals surface area (Å²) < 4.78 is 5.21. The van der Waals surface area contributed by atoms with Gasteiger partial charge < -0.3 is 4.74 Å². The summed E-state index contributed by atoms with van der Waals surface area (Å²) in [7, 11) is 4.00. The van der Waals surface area contributed by atoms with E-state index in [2.05, 4.69) is 41.1 Å². The summed E-state index contributed by atoms with van der Waals surface area (Å²) in [6.07, 6.45) is 1.58. The van der Waals surface area contributed by atoms with Crippen LogP contribution < -0.4 is 0 Å². The van der Waals surface area contributed by atoms with Crippen LogP contribution in [0.4, 0.5) is 0 Å². The normalized spacial score (nSPS) is 11.0. The van der Waals surface area contributed by atoms with Crippen molar-refractivity contribution in [2.24, 2.45) is 0 Å². The lowest BCUT2D eigenvalue weighted by atomic mass is 9.86. The molecule has 0 fully saturated rings. The summed E-state index contributed by atoms with van der Waals surface area (Å²) >= 11 is 0. The molecule has 0 amide bonds. The average Bonchev–Trinajstić information content (AvgIpc) is 2.59. The molecule has 2 rings (SSSR count). The van der Waals surface area contributed by atoms with E-state index >= 15 is 0 Å². The average molecular weight is 321 g/mol. The molecule has 3 radical (unpaired) electrons. The van der Waals surface area contributed by atoms with Crippen molar-refractivity contribution in [1.82, 2.24) is 0 Å². The van der Waals surface area contributed by atoms with Gasteiger partial charge in [0.25, 0.3) is 0 Å². The molecule has 0 unspecified atom stereocenters. The second-order valence-corrected chi connectivity index (χ2v) is 6.51. The number of hydrogen-bond donors (Lipinski definition) is 0. The van der Waals surface area contributed by atoms with Crippen LogP contribution in [0.1, 0.15) is 30.9 Å². The largest absolute Gasteiger partial charge is 0.462 e. The van der Waals surface area contributed by atoms with E-state index in [1.54, 1.807) is 6.92 Å². The van der Waals surface area contributed by atoms with Crippen molar-refractivity contribution >= 4 is 16.2 Å². The van der Waals surface area contributed by atoms with E-state index in [1.165, 1.54) is 11.1 Å². The lowest BCUT2D eigenvalue weighted by Crippen LogP contribution is -2.28. The van der Waals surface area contributed by atoms with E-state index in [1.807, 2.05) is 36.4 Å². The fraction of sp³-hybridized carbons (Fsp3) is 0.250. The third kappa shape index (κ3) is 4.42. The zero-order chi connectivity index (χ0) is 16.7. The van der Waals surface area contributed by atoms with Gasteiger partial charge in [0.05, 0.1) is 6.61 Å². The van der Waals surface area contributed by atoms with Crippen molar-refractivity contribution in [3.8, 4) is 0 Å². The van der Waals surface area contributed by atoms with Crippen LogP contribution in [0, 0.1) is 0 Å². The van der Waals surface area contributed by atoms with Gasteiger partial charge in [-0.15, -0.1) is 0 Å². The molecule has 0 saturated heterocycles. The third-order valence-electron chi connectivity index (χ3n) is 3.81. The molecule has 0 aliphatic carbocycles. The molecule has 2 aromatic rings. The first-order valence-electron chi connectivity index (χ1n) is 7.73. The molecule has 0 heterocycles. The predicted molar refractivity (Wildman–Crippen MR) is 94.4 cm³/mol. The van der Waals surface area contributed by atoms with Crippen molar-refractivity contribution in [2.75, 3.05) is 6.61 Å². The van der Waals surface area contributed by atoms with E-state index in [4.69, 9.17) is 4.74 Å². The first kappa shape index (κ1) is 17.2. The highest BCUT2D eigenvalue weighted by Crippen LogP contribution is 2.33. The topological polar surface area (TPSA) is 26.3 Å². The van der Waals surface area contributed by atoms with Crippen molar-refractivity contribution in [3.05, 3.63) is 83.9 Å². The SMILES string of the molecule is C=C(C)C(=O)OCCCC([Si])(c1ccccc1)c1ccccc1. The fourth-order valence-corrected chi connectivity index (χ4v) is 3.04. The smallest absolute Gasteiger partial charge is 0.333 e. The minimum absolute atomic E-state index is 0.294. The molecule has 2 nitrogen and oxygen atoms in total. The number of benzene rings is 2. The highest BCUT2D eigenvalue weighted by atomic mass is 28.1. The van der Waals surface area contributed by atoms with Gasteiger partial charge in [-0.3, -0.25) is 0 Å². The van der Waals surface area contributed by atoms with Crippen LogP contribution in [0.5, 0.6) is 0 Å². The standard InChI is InChI=1S/C20H21O2Si/c1-16(2)19(21)22-15-9-14-20(23,17-10-5-3-6-11-17)18-12-7-4-8-13-18/h3-8,10-13H,1,9,14-15H2,2H3. The number of hydrogen-bond acceptors (Lipinski definition) is 2. The third-order valence-corrected chi connectivity index (χ3v) is 4.64. The molecule has 0 atom stereocenters. The van der Waals surface area contributed by atoms with Gasteiger partial charge in [0.2, 0.25) is 0 Å². The van der Waals surface area contributed by atoms with Gasteiger partial charge in [-0.05, 0) is 30.9 Å². The maximum absolute atomic E-state index is 11.5. The first-order valence-corrected chi connectivity index (χ1v) is 8.23. The second-order valence-electron chi connectivity index (χ2n) is 5.66. The summed E-state index contributed by atoms with van der Waals surface area (Å²) in [5.74, 6) is -0.330. The molecular formula is C20H21O2Si. The highest BCUT2D eigenvalue weighted by Gasteiger charge is 2.28. The summed E-state index contributed by atoms with van der Waals surface area (Å²) in [5.41, 5.74) is 2.81. The first-order chi connectivity index (χ1) is 11.0. The molecule has 23 heavy (non-hydrogen) atoms. The van der Waals surface area contributed by atoms with Crippen molar-refractivity contribution in [2.45, 2.75) is 24.8 Å². The zero-order valence-electron chi connectivity index (χ0n) is 13.4. The van der Waals surface area contributed by atoms with E-state index in [-0.39, 0.29) is 11.0 Å².